The van der Waals surface area contributed by atoms with Crippen LogP contribution in [0.15, 0.2) is 42.9 Å². The zero-order chi connectivity index (χ0) is 12.8. The number of hydrogen-bond donors (Lipinski definition) is 0. The molecule has 92 valence electrons. The zero-order valence-electron chi connectivity index (χ0n) is 10.5. The highest BCUT2D eigenvalue weighted by Gasteiger charge is 2.06. The number of hydrogen-bond acceptors (Lipinski definition) is 3. The number of aryl methyl sites for hydroxylation is 1. The molecule has 0 fully saturated rings. The van der Waals surface area contributed by atoms with E-state index in [0.717, 1.165) is 17.7 Å². The highest BCUT2D eigenvalue weighted by Crippen LogP contribution is 2.05. The molecule has 0 amide bonds. The predicted molar refractivity (Wildman–Crippen MR) is 70.3 cm³/mol. The largest absolute Gasteiger partial charge is 0.299 e. The Hall–Kier alpha value is -2.03. The van der Waals surface area contributed by atoms with Gasteiger partial charge in [0.1, 0.15) is 5.78 Å². The molecule has 2 aromatic heterocycles. The van der Waals surface area contributed by atoms with Crippen LogP contribution in [0.5, 0.6) is 0 Å². The van der Waals surface area contributed by atoms with Crippen molar-refractivity contribution in [2.75, 3.05) is 0 Å². The molecule has 0 aliphatic rings. The molecule has 3 heteroatoms. The summed E-state index contributed by atoms with van der Waals surface area (Å²) in [7, 11) is 0. The first-order valence-electron chi connectivity index (χ1n) is 6.12. The average molecular weight is 240 g/mol. The van der Waals surface area contributed by atoms with Crippen molar-refractivity contribution in [2.45, 2.75) is 26.2 Å². The molecule has 2 heterocycles. The molecule has 0 unspecified atom stereocenters. The Bertz CT molecular complexity index is 506. The van der Waals surface area contributed by atoms with Gasteiger partial charge < -0.3 is 0 Å². The van der Waals surface area contributed by atoms with Crippen LogP contribution in [-0.4, -0.2) is 15.8 Å². The summed E-state index contributed by atoms with van der Waals surface area (Å²) in [5, 5.41) is 0. The Morgan fingerprint density at radius 3 is 2.44 bits per heavy atom. The number of ketones is 1. The van der Waals surface area contributed by atoms with Crippen LogP contribution in [0.25, 0.3) is 0 Å². The fourth-order valence-corrected chi connectivity index (χ4v) is 1.76. The van der Waals surface area contributed by atoms with E-state index in [-0.39, 0.29) is 5.78 Å². The van der Waals surface area contributed by atoms with Gasteiger partial charge >= 0.3 is 0 Å². The van der Waals surface area contributed by atoms with Gasteiger partial charge in [-0.25, -0.2) is 0 Å². The number of pyridine rings is 2. The number of carbonyl (C=O) groups excluding carboxylic acids is 1. The van der Waals surface area contributed by atoms with E-state index in [1.165, 1.54) is 5.56 Å². The van der Waals surface area contributed by atoms with E-state index in [0.29, 0.717) is 12.8 Å². The molecular formula is C15H16N2O. The van der Waals surface area contributed by atoms with Crippen molar-refractivity contribution < 1.29 is 4.79 Å². The van der Waals surface area contributed by atoms with E-state index >= 15 is 0 Å². The third-order valence-electron chi connectivity index (χ3n) is 2.82. The molecule has 0 saturated carbocycles. The van der Waals surface area contributed by atoms with Gasteiger partial charge in [-0.1, -0.05) is 13.0 Å². The van der Waals surface area contributed by atoms with Gasteiger partial charge in [0.15, 0.2) is 0 Å². The van der Waals surface area contributed by atoms with E-state index in [1.807, 2.05) is 30.5 Å². The van der Waals surface area contributed by atoms with Crippen molar-refractivity contribution in [1.29, 1.82) is 0 Å². The van der Waals surface area contributed by atoms with Gasteiger partial charge in [0.05, 0.1) is 0 Å². The van der Waals surface area contributed by atoms with Crippen LogP contribution in [-0.2, 0) is 24.1 Å². The Morgan fingerprint density at radius 1 is 1.06 bits per heavy atom. The van der Waals surface area contributed by atoms with Crippen LogP contribution in [0, 0.1) is 0 Å². The van der Waals surface area contributed by atoms with Gasteiger partial charge in [0.2, 0.25) is 0 Å². The molecule has 0 N–H and O–H groups in total. The van der Waals surface area contributed by atoms with Crippen LogP contribution in [0.4, 0.5) is 0 Å². The summed E-state index contributed by atoms with van der Waals surface area (Å²) < 4.78 is 0. The minimum atomic E-state index is 0.179. The first-order chi connectivity index (χ1) is 8.78. The number of rotatable bonds is 5. The number of Topliss-reactive ketones (excluding diaryl/α,β-unsaturated/α-hetero) is 1. The Balaban J connectivity index is 1.94. The zero-order valence-corrected chi connectivity index (χ0v) is 10.5. The van der Waals surface area contributed by atoms with E-state index in [2.05, 4.69) is 16.9 Å². The predicted octanol–water partition coefficient (Wildman–Crippen LogP) is 2.39. The highest BCUT2D eigenvalue weighted by atomic mass is 16.1. The SMILES string of the molecule is CCc1ccc(CC(=O)Cc2ccncc2)nc1. The van der Waals surface area contributed by atoms with Crippen molar-refractivity contribution in [3.8, 4) is 0 Å². The second-order valence-corrected chi connectivity index (χ2v) is 4.26. The first kappa shape index (κ1) is 12.4. The molecule has 18 heavy (non-hydrogen) atoms. The van der Waals surface area contributed by atoms with Gasteiger partial charge in [0.25, 0.3) is 0 Å². The van der Waals surface area contributed by atoms with Crippen molar-refractivity contribution in [1.82, 2.24) is 9.97 Å². The van der Waals surface area contributed by atoms with E-state index in [4.69, 9.17) is 0 Å². The molecule has 0 radical (unpaired) electrons. The van der Waals surface area contributed by atoms with Gasteiger partial charge in [-0.2, -0.15) is 0 Å². The lowest BCUT2D eigenvalue weighted by Gasteiger charge is -2.02. The van der Waals surface area contributed by atoms with Crippen molar-refractivity contribution >= 4 is 5.78 Å². The summed E-state index contributed by atoms with van der Waals surface area (Å²) in [5.41, 5.74) is 3.03. The molecule has 0 aliphatic heterocycles. The molecule has 0 aliphatic carbocycles. The Morgan fingerprint density at radius 2 is 1.83 bits per heavy atom. The second kappa shape index (κ2) is 6.05. The van der Waals surface area contributed by atoms with Crippen LogP contribution in [0.2, 0.25) is 0 Å². The quantitative estimate of drug-likeness (QED) is 0.806. The minimum Gasteiger partial charge on any atom is -0.299 e. The summed E-state index contributed by atoms with van der Waals surface area (Å²) in [5.74, 6) is 0.179. The smallest absolute Gasteiger partial charge is 0.143 e. The van der Waals surface area contributed by atoms with Gasteiger partial charge in [0, 0.05) is 37.1 Å². The molecule has 0 saturated heterocycles. The maximum absolute atomic E-state index is 11.9. The standard InChI is InChI=1S/C15H16N2O/c1-2-12-3-4-14(17-11-12)10-15(18)9-13-5-7-16-8-6-13/h3-8,11H,2,9-10H2,1H3. The summed E-state index contributed by atoms with van der Waals surface area (Å²) in [6.07, 6.45) is 7.06. The van der Waals surface area contributed by atoms with E-state index in [1.54, 1.807) is 12.4 Å². The molecule has 2 rings (SSSR count). The third-order valence-corrected chi connectivity index (χ3v) is 2.82. The second-order valence-electron chi connectivity index (χ2n) is 4.26. The maximum atomic E-state index is 11.9. The van der Waals surface area contributed by atoms with Gasteiger partial charge in [-0.05, 0) is 35.7 Å². The van der Waals surface area contributed by atoms with Crippen LogP contribution in [0.3, 0.4) is 0 Å². The summed E-state index contributed by atoms with van der Waals surface area (Å²) in [4.78, 5) is 20.1. The maximum Gasteiger partial charge on any atom is 0.143 e. The number of aromatic nitrogens is 2. The minimum absolute atomic E-state index is 0.179. The first-order valence-corrected chi connectivity index (χ1v) is 6.12. The number of nitrogens with zero attached hydrogens (tertiary/aromatic N) is 2. The lowest BCUT2D eigenvalue weighted by atomic mass is 10.1. The Kier molecular flexibility index (Phi) is 4.18. The van der Waals surface area contributed by atoms with Gasteiger partial charge in [-0.15, -0.1) is 0 Å². The fraction of sp³-hybridized carbons (Fsp3) is 0.267. The van der Waals surface area contributed by atoms with Crippen LogP contribution in [0.1, 0.15) is 23.7 Å². The monoisotopic (exact) mass is 240 g/mol. The molecule has 0 atom stereocenters. The van der Waals surface area contributed by atoms with Crippen LogP contribution < -0.4 is 0 Å². The summed E-state index contributed by atoms with van der Waals surface area (Å²) in [6, 6.07) is 7.70. The lowest BCUT2D eigenvalue weighted by Crippen LogP contribution is -2.07. The topological polar surface area (TPSA) is 42.9 Å². The van der Waals surface area contributed by atoms with E-state index < -0.39 is 0 Å². The lowest BCUT2D eigenvalue weighted by molar-refractivity contribution is -0.117. The van der Waals surface area contributed by atoms with Crippen LogP contribution >= 0.6 is 0 Å². The molecule has 0 spiro atoms. The summed E-state index contributed by atoms with van der Waals surface area (Å²) >= 11 is 0. The molecular weight excluding hydrogens is 224 g/mol. The van der Waals surface area contributed by atoms with Crippen molar-refractivity contribution in [2.24, 2.45) is 0 Å². The fourth-order valence-electron chi connectivity index (χ4n) is 1.76. The summed E-state index contributed by atoms with van der Waals surface area (Å²) in [6.45, 7) is 2.09. The normalized spacial score (nSPS) is 10.3. The van der Waals surface area contributed by atoms with Crippen molar-refractivity contribution in [3.63, 3.8) is 0 Å². The average Bonchev–Trinajstić information content (AvgIpc) is 2.40. The Labute approximate surface area is 107 Å². The van der Waals surface area contributed by atoms with Gasteiger partial charge in [-0.3, -0.25) is 14.8 Å². The molecule has 0 aromatic carbocycles. The third kappa shape index (κ3) is 3.48. The molecule has 3 nitrogen and oxygen atoms in total. The molecule has 2 aromatic rings. The highest BCUT2D eigenvalue weighted by molar-refractivity contribution is 5.82. The van der Waals surface area contributed by atoms with E-state index in [9.17, 15) is 4.79 Å². The molecule has 0 bridgehead atoms. The van der Waals surface area contributed by atoms with Crippen molar-refractivity contribution in [3.05, 3.63) is 59.7 Å². The number of carbonyl (C=O) groups is 1.